The molecule has 0 radical (unpaired) electrons. The highest BCUT2D eigenvalue weighted by Crippen LogP contribution is 2.29. The summed E-state index contributed by atoms with van der Waals surface area (Å²) in [6.45, 7) is 2.71. The van der Waals surface area contributed by atoms with Crippen molar-refractivity contribution >= 4 is 22.5 Å². The summed E-state index contributed by atoms with van der Waals surface area (Å²) in [6.07, 6.45) is 0. The van der Waals surface area contributed by atoms with Crippen LogP contribution in [0.5, 0.6) is 0 Å². The summed E-state index contributed by atoms with van der Waals surface area (Å²) in [5.41, 5.74) is 3.64. The minimum absolute atomic E-state index is 0.0750. The zero-order chi connectivity index (χ0) is 16.5. The molecule has 0 atom stereocenters. The molecule has 0 N–H and O–H groups in total. The van der Waals surface area contributed by atoms with E-state index in [1.807, 2.05) is 72.5 Å². The zero-order valence-electron chi connectivity index (χ0n) is 13.3. The first-order valence-corrected chi connectivity index (χ1v) is 7.92. The number of fused-ring (bicyclic) bond motifs is 2. The second kappa shape index (κ2) is 5.81. The summed E-state index contributed by atoms with van der Waals surface area (Å²) in [4.78, 5) is 19.2. The molecule has 0 spiro atoms. The highest BCUT2D eigenvalue weighted by molar-refractivity contribution is 5.78. The van der Waals surface area contributed by atoms with Crippen molar-refractivity contribution in [3.05, 3.63) is 77.0 Å². The van der Waals surface area contributed by atoms with Gasteiger partial charge in [0.1, 0.15) is 11.2 Å². The Kier molecular flexibility index (Phi) is 3.50. The minimum atomic E-state index is -0.0750. The number of nitrogens with zero attached hydrogens (tertiary/aromatic N) is 2. The van der Waals surface area contributed by atoms with Crippen molar-refractivity contribution in [1.29, 1.82) is 0 Å². The molecule has 2 aliphatic rings. The molecule has 0 fully saturated rings. The topological polar surface area (TPSA) is 46.3 Å². The van der Waals surface area contributed by atoms with Crippen molar-refractivity contribution < 1.29 is 4.42 Å². The van der Waals surface area contributed by atoms with E-state index in [0.717, 1.165) is 11.2 Å². The van der Waals surface area contributed by atoms with E-state index in [2.05, 4.69) is 4.98 Å². The van der Waals surface area contributed by atoms with E-state index in [4.69, 9.17) is 4.42 Å². The van der Waals surface area contributed by atoms with Gasteiger partial charge in [0.25, 0.3) is 0 Å². The summed E-state index contributed by atoms with van der Waals surface area (Å²) >= 11 is 0. The predicted molar refractivity (Wildman–Crippen MR) is 96.0 cm³/mol. The van der Waals surface area contributed by atoms with Crippen molar-refractivity contribution in [3.8, 4) is 11.5 Å². The van der Waals surface area contributed by atoms with E-state index in [1.165, 1.54) is 6.07 Å². The van der Waals surface area contributed by atoms with Gasteiger partial charge in [-0.05, 0) is 37.3 Å². The molecule has 2 aromatic carbocycles. The average molecular weight is 316 g/mol. The quantitative estimate of drug-likeness (QED) is 0.524. The molecule has 4 rings (SSSR count). The third kappa shape index (κ3) is 2.42. The molecule has 0 saturated carbocycles. The molecule has 1 aliphatic heterocycles. The van der Waals surface area contributed by atoms with Gasteiger partial charge in [0.05, 0.1) is 5.69 Å². The van der Waals surface area contributed by atoms with Crippen molar-refractivity contribution in [2.75, 3.05) is 11.4 Å². The number of aromatic nitrogens is 1. The summed E-state index contributed by atoms with van der Waals surface area (Å²) < 4.78 is 5.82. The van der Waals surface area contributed by atoms with Gasteiger partial charge in [-0.1, -0.05) is 30.3 Å². The van der Waals surface area contributed by atoms with Crippen molar-refractivity contribution in [1.82, 2.24) is 4.98 Å². The van der Waals surface area contributed by atoms with E-state index < -0.39 is 0 Å². The Morgan fingerprint density at radius 2 is 1.75 bits per heavy atom. The number of anilines is 2. The third-order valence-electron chi connectivity index (χ3n) is 4.04. The van der Waals surface area contributed by atoms with Gasteiger partial charge in [-0.15, -0.1) is 0 Å². The number of hydrogen-bond donors (Lipinski definition) is 0. The lowest BCUT2D eigenvalue weighted by Crippen LogP contribution is -2.23. The maximum absolute atomic E-state index is 12.6. The highest BCUT2D eigenvalue weighted by Gasteiger charge is 2.17. The van der Waals surface area contributed by atoms with Crippen LogP contribution < -0.4 is 10.3 Å². The van der Waals surface area contributed by atoms with Gasteiger partial charge in [-0.25, -0.2) is 4.98 Å². The first kappa shape index (κ1) is 14.5. The number of para-hydroxylation sites is 3. The first-order chi connectivity index (χ1) is 11.8. The lowest BCUT2D eigenvalue weighted by Gasteiger charge is -2.23. The van der Waals surface area contributed by atoms with E-state index in [1.54, 1.807) is 0 Å². The molecule has 0 unspecified atom stereocenters. The second-order valence-corrected chi connectivity index (χ2v) is 5.55. The Balaban J connectivity index is 1.93. The van der Waals surface area contributed by atoms with Crippen LogP contribution in [0, 0.1) is 0 Å². The molecule has 0 saturated heterocycles. The first-order valence-electron chi connectivity index (χ1n) is 7.92. The van der Waals surface area contributed by atoms with Crippen molar-refractivity contribution in [2.45, 2.75) is 6.92 Å². The molecule has 1 aliphatic carbocycles. The van der Waals surface area contributed by atoms with Crippen LogP contribution in [0.25, 0.3) is 22.6 Å². The standard InChI is InChI=1S/C20H16N2O2/c1-2-22(14-8-4-3-5-9-14)17-12-16-20(13-18(17)23)24-19-11-7-6-10-15(19)21-16/h3-13H,2H2,1H3. The Hall–Kier alpha value is -3.14. The van der Waals surface area contributed by atoms with Gasteiger partial charge in [0.15, 0.2) is 11.3 Å². The average Bonchev–Trinajstić information content (AvgIpc) is 2.62. The Labute approximate surface area is 139 Å². The van der Waals surface area contributed by atoms with Crippen LogP contribution in [0.2, 0.25) is 0 Å². The van der Waals surface area contributed by atoms with Crippen LogP contribution in [0.3, 0.4) is 0 Å². The molecule has 24 heavy (non-hydrogen) atoms. The third-order valence-corrected chi connectivity index (χ3v) is 4.04. The fourth-order valence-electron chi connectivity index (χ4n) is 2.90. The van der Waals surface area contributed by atoms with E-state index in [0.29, 0.717) is 29.3 Å². The van der Waals surface area contributed by atoms with Crippen LogP contribution in [-0.2, 0) is 0 Å². The summed E-state index contributed by atoms with van der Waals surface area (Å²) in [5, 5.41) is 0. The molecule has 4 nitrogen and oxygen atoms in total. The Morgan fingerprint density at radius 3 is 2.54 bits per heavy atom. The van der Waals surface area contributed by atoms with Crippen LogP contribution in [0.1, 0.15) is 6.92 Å². The fraction of sp³-hybridized carbons (Fsp3) is 0.100. The van der Waals surface area contributed by atoms with Gasteiger partial charge >= 0.3 is 0 Å². The number of benzene rings is 3. The summed E-state index contributed by atoms with van der Waals surface area (Å²) in [5.74, 6) is 0.506. The highest BCUT2D eigenvalue weighted by atomic mass is 16.3. The maximum Gasteiger partial charge on any atom is 0.206 e. The SMILES string of the molecule is CCN(c1ccccc1)c1cc2nc3ccccc3oc-2cc1=O. The molecule has 118 valence electrons. The van der Waals surface area contributed by atoms with Crippen LogP contribution in [0.4, 0.5) is 11.4 Å². The van der Waals surface area contributed by atoms with Crippen molar-refractivity contribution in [3.63, 3.8) is 0 Å². The van der Waals surface area contributed by atoms with Gasteiger partial charge in [0, 0.05) is 18.3 Å². The molecule has 0 amide bonds. The van der Waals surface area contributed by atoms with Crippen LogP contribution in [0.15, 0.2) is 75.9 Å². The summed E-state index contributed by atoms with van der Waals surface area (Å²) in [6, 6.07) is 20.8. The molecule has 2 aromatic rings. The molecular weight excluding hydrogens is 300 g/mol. The smallest absolute Gasteiger partial charge is 0.206 e. The monoisotopic (exact) mass is 316 g/mol. The van der Waals surface area contributed by atoms with E-state index in [-0.39, 0.29) is 5.43 Å². The molecule has 0 aromatic heterocycles. The van der Waals surface area contributed by atoms with E-state index >= 15 is 0 Å². The van der Waals surface area contributed by atoms with Crippen molar-refractivity contribution in [2.24, 2.45) is 0 Å². The predicted octanol–water partition coefficient (Wildman–Crippen LogP) is 4.45. The number of rotatable bonds is 3. The second-order valence-electron chi connectivity index (χ2n) is 5.55. The van der Waals surface area contributed by atoms with Crippen LogP contribution in [-0.4, -0.2) is 11.5 Å². The van der Waals surface area contributed by atoms with Gasteiger partial charge in [-0.3, -0.25) is 4.79 Å². The maximum atomic E-state index is 12.6. The summed E-state index contributed by atoms with van der Waals surface area (Å²) in [7, 11) is 0. The van der Waals surface area contributed by atoms with Gasteiger partial charge in [-0.2, -0.15) is 0 Å². The largest absolute Gasteiger partial charge is 0.453 e. The number of hydrogen-bond acceptors (Lipinski definition) is 4. The Morgan fingerprint density at radius 1 is 1.00 bits per heavy atom. The van der Waals surface area contributed by atoms with Crippen LogP contribution >= 0.6 is 0 Å². The zero-order valence-corrected chi connectivity index (χ0v) is 13.3. The van der Waals surface area contributed by atoms with Gasteiger partial charge in [0.2, 0.25) is 5.43 Å². The normalized spacial score (nSPS) is 11.0. The molecule has 4 heteroatoms. The molecular formula is C20H16N2O2. The molecule has 1 heterocycles. The Bertz CT molecular complexity index is 1020. The lowest BCUT2D eigenvalue weighted by atomic mass is 10.1. The van der Waals surface area contributed by atoms with E-state index in [9.17, 15) is 4.79 Å². The minimum Gasteiger partial charge on any atom is -0.453 e. The van der Waals surface area contributed by atoms with Gasteiger partial charge < -0.3 is 9.32 Å². The molecule has 0 bridgehead atoms. The lowest BCUT2D eigenvalue weighted by molar-refractivity contribution is 0.612. The fourth-order valence-corrected chi connectivity index (χ4v) is 2.90.